The number of alkyl halides is 3. The number of methoxy groups -OCH3 is 1. The van der Waals surface area contributed by atoms with E-state index < -0.39 is 17.6 Å². The lowest BCUT2D eigenvalue weighted by molar-refractivity contribution is -0.137. The first-order chi connectivity index (χ1) is 17.8. The van der Waals surface area contributed by atoms with E-state index in [1.54, 1.807) is 24.3 Å². The zero-order chi connectivity index (χ0) is 26.2. The number of hydrogen-bond acceptors (Lipinski definition) is 6. The normalized spacial score (nSPS) is 13.8. The van der Waals surface area contributed by atoms with Crippen LogP contribution in [-0.2, 0) is 19.0 Å². The van der Waals surface area contributed by atoms with Crippen LogP contribution in [0.4, 0.5) is 23.9 Å². The Balaban J connectivity index is 1.65. The molecule has 0 aliphatic heterocycles. The highest BCUT2D eigenvalue weighted by atomic mass is 32.1. The lowest BCUT2D eigenvalue weighted by Crippen LogP contribution is -2.22. The quantitative estimate of drug-likeness (QED) is 0.320. The molecule has 4 aromatic rings. The van der Waals surface area contributed by atoms with Crippen LogP contribution in [0.1, 0.15) is 44.8 Å². The molecule has 0 fully saturated rings. The third kappa shape index (κ3) is 4.95. The lowest BCUT2D eigenvalue weighted by Gasteiger charge is -2.10. The Morgan fingerprint density at radius 1 is 1.16 bits per heavy atom. The first kappa shape index (κ1) is 24.6. The average Bonchev–Trinajstić information content (AvgIpc) is 3.24. The number of hydrogen-bond donors (Lipinski definition) is 1. The molecule has 2 heterocycles. The van der Waals surface area contributed by atoms with Crippen molar-refractivity contribution in [2.45, 2.75) is 31.9 Å². The Morgan fingerprint density at radius 2 is 1.97 bits per heavy atom. The molecular weight excluding hydrogens is 503 g/mol. The molecular formula is C27H20F3N3O3S. The maximum absolute atomic E-state index is 13.3. The van der Waals surface area contributed by atoms with Gasteiger partial charge in [-0.3, -0.25) is 4.79 Å². The Kier molecular flexibility index (Phi) is 6.48. The van der Waals surface area contributed by atoms with Crippen LogP contribution in [0.5, 0.6) is 5.75 Å². The summed E-state index contributed by atoms with van der Waals surface area (Å²) < 4.78 is 50.8. The Hall–Kier alpha value is -4.10. The van der Waals surface area contributed by atoms with Crippen LogP contribution >= 0.6 is 11.3 Å². The maximum Gasteiger partial charge on any atom is 0.416 e. The van der Waals surface area contributed by atoms with Crippen LogP contribution in [0.2, 0.25) is 0 Å². The van der Waals surface area contributed by atoms with E-state index in [1.807, 2.05) is 0 Å². The van der Waals surface area contributed by atoms with Gasteiger partial charge in [0.2, 0.25) is 5.55 Å². The molecule has 0 radical (unpaired) electrons. The fraction of sp³-hybridized carbons (Fsp3) is 0.222. The number of fused-ring (bicyclic) bond motifs is 2. The van der Waals surface area contributed by atoms with Gasteiger partial charge in [-0.1, -0.05) is 6.07 Å². The Labute approximate surface area is 213 Å². The number of aryl methyl sites for hydroxylation is 1. The van der Waals surface area contributed by atoms with Crippen molar-refractivity contribution >= 4 is 38.9 Å². The summed E-state index contributed by atoms with van der Waals surface area (Å²) in [5, 5.41) is 13.3. The third-order valence-electron chi connectivity index (χ3n) is 6.11. The van der Waals surface area contributed by atoms with Gasteiger partial charge in [0.05, 0.1) is 18.2 Å². The molecule has 37 heavy (non-hydrogen) atoms. The summed E-state index contributed by atoms with van der Waals surface area (Å²) in [6.07, 6.45) is -0.874. The second-order valence-electron chi connectivity index (χ2n) is 8.52. The molecule has 5 rings (SSSR count). The molecule has 0 bridgehead atoms. The number of ether oxygens (including phenoxy) is 1. The summed E-state index contributed by atoms with van der Waals surface area (Å²) in [5.74, 6) is -0.166. The number of rotatable bonds is 4. The van der Waals surface area contributed by atoms with Gasteiger partial charge in [-0.15, -0.1) is 11.3 Å². The van der Waals surface area contributed by atoms with Crippen molar-refractivity contribution in [3.63, 3.8) is 0 Å². The number of nitrogens with zero attached hydrogens (tertiary/aromatic N) is 2. The highest BCUT2D eigenvalue weighted by molar-refractivity contribution is 7.16. The highest BCUT2D eigenvalue weighted by Gasteiger charge is 2.30. The second kappa shape index (κ2) is 9.75. The van der Waals surface area contributed by atoms with Crippen molar-refractivity contribution in [3.05, 3.63) is 81.2 Å². The zero-order valence-corrected chi connectivity index (χ0v) is 20.4. The van der Waals surface area contributed by atoms with E-state index >= 15 is 0 Å². The van der Waals surface area contributed by atoms with E-state index in [9.17, 15) is 23.2 Å². The predicted molar refractivity (Wildman–Crippen MR) is 133 cm³/mol. The summed E-state index contributed by atoms with van der Waals surface area (Å²) in [6.45, 7) is 0. The van der Waals surface area contributed by atoms with Gasteiger partial charge < -0.3 is 14.5 Å². The number of halogens is 3. The summed E-state index contributed by atoms with van der Waals surface area (Å²) in [5.41, 5.74) is 0.930. The van der Waals surface area contributed by atoms with E-state index in [0.29, 0.717) is 27.3 Å². The van der Waals surface area contributed by atoms with Crippen LogP contribution in [0.15, 0.2) is 57.9 Å². The molecule has 0 saturated carbocycles. The predicted octanol–water partition coefficient (Wildman–Crippen LogP) is 6.76. The third-order valence-corrected chi connectivity index (χ3v) is 7.30. The van der Waals surface area contributed by atoms with Crippen LogP contribution < -0.4 is 15.6 Å². The van der Waals surface area contributed by atoms with Gasteiger partial charge >= 0.3 is 6.18 Å². The molecule has 1 aliphatic rings. The maximum atomic E-state index is 13.3. The summed E-state index contributed by atoms with van der Waals surface area (Å²) in [4.78, 5) is 19.0. The summed E-state index contributed by atoms with van der Waals surface area (Å²) in [7, 11) is 1.51. The molecule has 0 unspecified atom stereocenters. The topological polar surface area (TPSA) is 87.6 Å². The number of thiophene rings is 1. The van der Waals surface area contributed by atoms with Gasteiger partial charge in [0, 0.05) is 16.0 Å². The minimum absolute atomic E-state index is 0.00780. The second-order valence-corrected chi connectivity index (χ2v) is 9.60. The van der Waals surface area contributed by atoms with Gasteiger partial charge in [0.25, 0.3) is 5.91 Å². The minimum atomic E-state index is -4.55. The van der Waals surface area contributed by atoms with Crippen LogP contribution in [0, 0.1) is 11.3 Å². The van der Waals surface area contributed by atoms with Crippen molar-refractivity contribution in [3.8, 4) is 11.8 Å². The van der Waals surface area contributed by atoms with Gasteiger partial charge in [0.15, 0.2) is 0 Å². The fourth-order valence-electron chi connectivity index (χ4n) is 4.29. The smallest absolute Gasteiger partial charge is 0.416 e. The highest BCUT2D eigenvalue weighted by Crippen LogP contribution is 2.39. The molecule has 188 valence electrons. The molecule has 10 heteroatoms. The van der Waals surface area contributed by atoms with E-state index in [4.69, 9.17) is 9.15 Å². The van der Waals surface area contributed by atoms with Crippen molar-refractivity contribution in [1.82, 2.24) is 0 Å². The number of nitriles is 1. The molecule has 6 nitrogen and oxygen atoms in total. The van der Waals surface area contributed by atoms with E-state index in [2.05, 4.69) is 16.4 Å². The number of anilines is 1. The van der Waals surface area contributed by atoms with E-state index in [0.717, 1.165) is 48.3 Å². The molecule has 2 aromatic heterocycles. The fourth-order valence-corrected chi connectivity index (χ4v) is 5.50. The first-order valence-corrected chi connectivity index (χ1v) is 12.3. The number of amides is 1. The van der Waals surface area contributed by atoms with Crippen LogP contribution in [0.25, 0.3) is 11.0 Å². The van der Waals surface area contributed by atoms with Crippen molar-refractivity contribution in [1.29, 1.82) is 5.26 Å². The number of benzene rings is 2. The van der Waals surface area contributed by atoms with Gasteiger partial charge in [0.1, 0.15) is 28.0 Å². The standard InChI is InChI=1S/C27H20F3N3O3S/c1-35-18-9-10-22-15(11-18)12-20(24(34)32-17-6-4-5-16(13-17)27(28,29)30)25(36-22)33-26-21(14-31)19-7-2-3-8-23(19)37-26/h4-6,9-13H,2-3,7-8H2,1H3,(H,32,34)/b33-25-. The number of carbonyl (C=O) groups excluding carboxylic acids is 1. The van der Waals surface area contributed by atoms with Crippen molar-refractivity contribution in [2.24, 2.45) is 4.99 Å². The summed E-state index contributed by atoms with van der Waals surface area (Å²) >= 11 is 1.40. The molecule has 1 amide bonds. The first-order valence-electron chi connectivity index (χ1n) is 11.5. The molecule has 0 saturated heterocycles. The molecule has 2 aromatic carbocycles. The monoisotopic (exact) mass is 523 g/mol. The number of carbonyl (C=O) groups is 1. The largest absolute Gasteiger partial charge is 0.497 e. The molecule has 0 spiro atoms. The molecule has 0 atom stereocenters. The lowest BCUT2D eigenvalue weighted by atomic mass is 9.96. The molecule has 1 aliphatic carbocycles. The Bertz CT molecular complexity index is 1630. The SMILES string of the molecule is COc1ccc2o/c(=N\c3sc4c(c3C#N)CCCC4)c(C(=O)Nc3cccc(C(F)(F)F)c3)cc2c1. The van der Waals surface area contributed by atoms with Crippen LogP contribution in [-0.4, -0.2) is 13.0 Å². The average molecular weight is 524 g/mol. The van der Waals surface area contributed by atoms with E-state index in [1.165, 1.54) is 30.6 Å². The van der Waals surface area contributed by atoms with Crippen LogP contribution in [0.3, 0.4) is 0 Å². The van der Waals surface area contributed by atoms with Crippen molar-refractivity contribution < 1.29 is 27.1 Å². The number of nitrogens with one attached hydrogen (secondary N) is 1. The Morgan fingerprint density at radius 3 is 2.73 bits per heavy atom. The summed E-state index contributed by atoms with van der Waals surface area (Å²) in [6, 6.07) is 13.2. The minimum Gasteiger partial charge on any atom is -0.497 e. The zero-order valence-electron chi connectivity index (χ0n) is 19.6. The molecule has 1 N–H and O–H groups in total. The van der Waals surface area contributed by atoms with E-state index in [-0.39, 0.29) is 16.8 Å². The van der Waals surface area contributed by atoms with Gasteiger partial charge in [-0.25, -0.2) is 4.99 Å². The van der Waals surface area contributed by atoms with Gasteiger partial charge in [-0.05, 0) is 73.7 Å². The van der Waals surface area contributed by atoms with Crippen molar-refractivity contribution in [2.75, 3.05) is 12.4 Å². The van der Waals surface area contributed by atoms with Gasteiger partial charge in [-0.2, -0.15) is 18.4 Å².